The Hall–Kier alpha value is -2.18. The van der Waals surface area contributed by atoms with Crippen LogP contribution in [0.2, 0.25) is 0 Å². The fraction of sp³-hybridized carbons (Fsp3) is 0.571. The van der Waals surface area contributed by atoms with Crippen molar-refractivity contribution in [1.29, 1.82) is 0 Å². The van der Waals surface area contributed by atoms with Crippen LogP contribution in [0.1, 0.15) is 49.7 Å². The Labute approximate surface area is 123 Å². The summed E-state index contributed by atoms with van der Waals surface area (Å²) in [5, 5.41) is 7.97. The molecule has 0 atom stereocenters. The van der Waals surface area contributed by atoms with E-state index in [0.717, 1.165) is 12.4 Å². The van der Waals surface area contributed by atoms with Gasteiger partial charge in [-0.15, -0.1) is 5.10 Å². The predicted octanol–water partition coefficient (Wildman–Crippen LogP) is 1.81. The van der Waals surface area contributed by atoms with E-state index < -0.39 is 11.6 Å². The summed E-state index contributed by atoms with van der Waals surface area (Å²) in [5.41, 5.74) is 0.376. The Morgan fingerprint density at radius 3 is 2.71 bits per heavy atom. The van der Waals surface area contributed by atoms with Crippen molar-refractivity contribution in [2.45, 2.75) is 53.3 Å². The van der Waals surface area contributed by atoms with Crippen molar-refractivity contribution in [3.63, 3.8) is 0 Å². The molecule has 2 aromatic rings. The summed E-state index contributed by atoms with van der Waals surface area (Å²) in [5.74, 6) is 0.423. The molecule has 0 aliphatic carbocycles. The summed E-state index contributed by atoms with van der Waals surface area (Å²) in [6, 6.07) is 0. The Bertz CT molecular complexity index is 636. The van der Waals surface area contributed by atoms with E-state index >= 15 is 0 Å². The number of rotatable bonds is 4. The number of nitrogens with zero attached hydrogens (tertiary/aromatic N) is 5. The zero-order valence-electron chi connectivity index (χ0n) is 13.1. The molecule has 0 radical (unpaired) electrons. The van der Waals surface area contributed by atoms with Gasteiger partial charge in [0, 0.05) is 18.9 Å². The molecule has 0 fully saturated rings. The molecular formula is C14H21N5O2. The van der Waals surface area contributed by atoms with Crippen LogP contribution < -0.4 is 0 Å². The number of carbonyl (C=O) groups is 1. The lowest BCUT2D eigenvalue weighted by atomic mass is 10.2. The predicted molar refractivity (Wildman–Crippen MR) is 76.9 cm³/mol. The summed E-state index contributed by atoms with van der Waals surface area (Å²) >= 11 is 0. The van der Waals surface area contributed by atoms with Gasteiger partial charge in [0.2, 0.25) is 0 Å². The molecular weight excluding hydrogens is 270 g/mol. The van der Waals surface area contributed by atoms with E-state index in [2.05, 4.69) is 15.3 Å². The SMILES string of the molecule is CCn1ccnc1Cn1nnc(C(=O)OC(C)(C)C)c1C. The van der Waals surface area contributed by atoms with Gasteiger partial charge in [0.05, 0.1) is 5.69 Å². The van der Waals surface area contributed by atoms with Crippen LogP contribution in [0.25, 0.3) is 0 Å². The van der Waals surface area contributed by atoms with Crippen molar-refractivity contribution < 1.29 is 9.53 Å². The molecule has 0 N–H and O–H groups in total. The molecule has 2 rings (SSSR count). The summed E-state index contributed by atoms with van der Waals surface area (Å²) in [6.07, 6.45) is 3.66. The molecule has 2 aromatic heterocycles. The third kappa shape index (κ3) is 3.48. The maximum Gasteiger partial charge on any atom is 0.361 e. The molecule has 7 heteroatoms. The van der Waals surface area contributed by atoms with Gasteiger partial charge in [0.1, 0.15) is 18.0 Å². The van der Waals surface area contributed by atoms with E-state index in [9.17, 15) is 4.79 Å². The first-order valence-electron chi connectivity index (χ1n) is 6.95. The van der Waals surface area contributed by atoms with Crippen LogP contribution in [-0.4, -0.2) is 36.1 Å². The van der Waals surface area contributed by atoms with E-state index in [1.807, 2.05) is 38.5 Å². The summed E-state index contributed by atoms with van der Waals surface area (Å²) in [7, 11) is 0. The van der Waals surface area contributed by atoms with Gasteiger partial charge in [0.25, 0.3) is 0 Å². The second-order valence-electron chi connectivity index (χ2n) is 5.81. The average Bonchev–Trinajstić information content (AvgIpc) is 2.95. The maximum absolute atomic E-state index is 12.1. The molecule has 0 aliphatic heterocycles. The smallest absolute Gasteiger partial charge is 0.361 e. The van der Waals surface area contributed by atoms with Gasteiger partial charge < -0.3 is 9.30 Å². The third-order valence-electron chi connectivity index (χ3n) is 3.01. The topological polar surface area (TPSA) is 74.8 Å². The molecule has 0 amide bonds. The Morgan fingerprint density at radius 1 is 1.38 bits per heavy atom. The van der Waals surface area contributed by atoms with Gasteiger partial charge >= 0.3 is 5.97 Å². The first-order chi connectivity index (χ1) is 9.81. The Kier molecular flexibility index (Phi) is 4.11. The minimum absolute atomic E-state index is 0.250. The normalized spacial score (nSPS) is 11.7. The van der Waals surface area contributed by atoms with Gasteiger partial charge in [-0.3, -0.25) is 0 Å². The van der Waals surface area contributed by atoms with Gasteiger partial charge in [0.15, 0.2) is 5.69 Å². The monoisotopic (exact) mass is 291 g/mol. The molecule has 0 saturated carbocycles. The standard InChI is InChI=1S/C14H21N5O2/c1-6-18-8-7-15-11(18)9-19-10(2)12(16-17-19)13(20)21-14(3,4)5/h7-8H,6,9H2,1-5H3. The van der Waals surface area contributed by atoms with Crippen LogP contribution in [0.5, 0.6) is 0 Å². The Balaban J connectivity index is 2.19. The van der Waals surface area contributed by atoms with Gasteiger partial charge in [-0.05, 0) is 34.6 Å². The summed E-state index contributed by atoms with van der Waals surface area (Å²) < 4.78 is 9.00. The van der Waals surface area contributed by atoms with E-state index in [0.29, 0.717) is 12.2 Å². The number of ether oxygens (including phenoxy) is 1. The van der Waals surface area contributed by atoms with Crippen LogP contribution in [0, 0.1) is 6.92 Å². The lowest BCUT2D eigenvalue weighted by molar-refractivity contribution is 0.00618. The fourth-order valence-corrected chi connectivity index (χ4v) is 1.94. The van der Waals surface area contributed by atoms with Crippen molar-refractivity contribution in [3.05, 3.63) is 29.6 Å². The molecule has 0 unspecified atom stereocenters. The third-order valence-corrected chi connectivity index (χ3v) is 3.01. The van der Waals surface area contributed by atoms with Crippen molar-refractivity contribution in [2.75, 3.05) is 0 Å². The number of carbonyl (C=O) groups excluding carboxylic acids is 1. The minimum atomic E-state index is -0.550. The second kappa shape index (κ2) is 5.67. The molecule has 21 heavy (non-hydrogen) atoms. The lowest BCUT2D eigenvalue weighted by Crippen LogP contribution is -2.24. The summed E-state index contributed by atoms with van der Waals surface area (Å²) in [6.45, 7) is 10.6. The van der Waals surface area contributed by atoms with Gasteiger partial charge in [-0.25, -0.2) is 14.5 Å². The lowest BCUT2D eigenvalue weighted by Gasteiger charge is -2.18. The highest BCUT2D eigenvalue weighted by Crippen LogP contribution is 2.13. The highest BCUT2D eigenvalue weighted by atomic mass is 16.6. The number of aromatic nitrogens is 5. The van der Waals surface area contributed by atoms with Crippen molar-refractivity contribution in [3.8, 4) is 0 Å². The largest absolute Gasteiger partial charge is 0.455 e. The van der Waals surface area contributed by atoms with Crippen LogP contribution in [-0.2, 0) is 17.8 Å². The first-order valence-corrected chi connectivity index (χ1v) is 6.95. The molecule has 2 heterocycles. The average molecular weight is 291 g/mol. The Morgan fingerprint density at radius 2 is 2.10 bits per heavy atom. The maximum atomic E-state index is 12.1. The van der Waals surface area contributed by atoms with Crippen molar-refractivity contribution >= 4 is 5.97 Å². The van der Waals surface area contributed by atoms with E-state index in [4.69, 9.17) is 4.74 Å². The molecule has 0 saturated heterocycles. The van der Waals surface area contributed by atoms with Crippen LogP contribution >= 0.6 is 0 Å². The molecule has 0 aromatic carbocycles. The number of aryl methyl sites for hydroxylation is 1. The molecule has 0 bridgehead atoms. The zero-order valence-corrected chi connectivity index (χ0v) is 13.1. The molecule has 0 aliphatic rings. The highest BCUT2D eigenvalue weighted by molar-refractivity contribution is 5.88. The number of imidazole rings is 1. The number of hydrogen-bond donors (Lipinski definition) is 0. The van der Waals surface area contributed by atoms with Crippen LogP contribution in [0.3, 0.4) is 0 Å². The number of hydrogen-bond acceptors (Lipinski definition) is 5. The van der Waals surface area contributed by atoms with E-state index in [1.54, 1.807) is 17.8 Å². The first kappa shape index (κ1) is 15.2. The minimum Gasteiger partial charge on any atom is -0.455 e. The number of esters is 1. The molecule has 114 valence electrons. The quantitative estimate of drug-likeness (QED) is 0.803. The fourth-order valence-electron chi connectivity index (χ4n) is 1.94. The van der Waals surface area contributed by atoms with E-state index in [-0.39, 0.29) is 5.69 Å². The molecule has 0 spiro atoms. The van der Waals surface area contributed by atoms with Gasteiger partial charge in [-0.1, -0.05) is 5.21 Å². The zero-order chi connectivity index (χ0) is 15.6. The second-order valence-corrected chi connectivity index (χ2v) is 5.81. The summed E-state index contributed by atoms with van der Waals surface area (Å²) in [4.78, 5) is 16.4. The highest BCUT2D eigenvalue weighted by Gasteiger charge is 2.23. The van der Waals surface area contributed by atoms with Crippen molar-refractivity contribution in [1.82, 2.24) is 24.5 Å². The van der Waals surface area contributed by atoms with Gasteiger partial charge in [-0.2, -0.15) is 0 Å². The van der Waals surface area contributed by atoms with Crippen LogP contribution in [0.15, 0.2) is 12.4 Å². The molecule has 7 nitrogen and oxygen atoms in total. The van der Waals surface area contributed by atoms with Crippen molar-refractivity contribution in [2.24, 2.45) is 0 Å². The van der Waals surface area contributed by atoms with E-state index in [1.165, 1.54) is 0 Å². The van der Waals surface area contributed by atoms with Crippen LogP contribution in [0.4, 0.5) is 0 Å².